The van der Waals surface area contributed by atoms with Crippen molar-refractivity contribution in [3.8, 4) is 0 Å². The second-order valence-corrected chi connectivity index (χ2v) is 4.45. The maximum absolute atomic E-state index is 2.25. The van der Waals surface area contributed by atoms with Crippen molar-refractivity contribution >= 4 is 15.8 Å². The summed E-state index contributed by atoms with van der Waals surface area (Å²) >= 11 is 0.743. The van der Waals surface area contributed by atoms with Crippen LogP contribution in [0.3, 0.4) is 0 Å². The van der Waals surface area contributed by atoms with Crippen molar-refractivity contribution in [3.63, 3.8) is 0 Å². The van der Waals surface area contributed by atoms with Gasteiger partial charge in [-0.25, -0.2) is 0 Å². The van der Waals surface area contributed by atoms with Gasteiger partial charge < -0.3 is 0 Å². The average Bonchev–Trinajstić information content (AvgIpc) is 1.41. The van der Waals surface area contributed by atoms with Gasteiger partial charge in [-0.05, 0) is 0 Å². The summed E-state index contributed by atoms with van der Waals surface area (Å²) in [5.74, 6) is 0. The Morgan fingerprint density at radius 3 is 1.60 bits per heavy atom. The van der Waals surface area contributed by atoms with Crippen molar-refractivity contribution < 1.29 is 0 Å². The van der Waals surface area contributed by atoms with E-state index in [0.717, 1.165) is 15.8 Å². The number of hydrogen-bond acceptors (Lipinski definition) is 0. The van der Waals surface area contributed by atoms with Crippen LogP contribution in [0, 0.1) is 0 Å². The van der Waals surface area contributed by atoms with E-state index in [-0.39, 0.29) is 0 Å². The Bertz CT molecular complexity index is 11.1. The zero-order chi connectivity index (χ0) is 4.12. The molecule has 0 bridgehead atoms. The summed E-state index contributed by atoms with van der Waals surface area (Å²) in [4.78, 5) is 0. The zero-order valence-electron chi connectivity index (χ0n) is 3.86. The SMILES string of the molecule is CC[As]CC. The van der Waals surface area contributed by atoms with E-state index >= 15 is 0 Å². The normalized spacial score (nSPS) is 8.40. The minimum absolute atomic E-state index is 0.743. The average molecular weight is 133 g/mol. The summed E-state index contributed by atoms with van der Waals surface area (Å²) in [7, 11) is 0. The Labute approximate surface area is 40.6 Å². The van der Waals surface area contributed by atoms with Crippen LogP contribution in [0.4, 0.5) is 0 Å². The second-order valence-electron chi connectivity index (χ2n) is 0.856. The molecule has 0 unspecified atom stereocenters. The van der Waals surface area contributed by atoms with E-state index in [1.807, 2.05) is 0 Å². The molecule has 0 aliphatic heterocycles. The molecule has 0 aromatic heterocycles. The van der Waals surface area contributed by atoms with Crippen LogP contribution in [-0.4, -0.2) is 15.8 Å². The Balaban J connectivity index is 2.19. The van der Waals surface area contributed by atoms with Crippen LogP contribution in [-0.2, 0) is 0 Å². The van der Waals surface area contributed by atoms with Gasteiger partial charge in [0.25, 0.3) is 0 Å². The molecule has 0 aromatic rings. The van der Waals surface area contributed by atoms with Crippen LogP contribution >= 0.6 is 0 Å². The van der Waals surface area contributed by atoms with Crippen LogP contribution in [0.15, 0.2) is 0 Å². The van der Waals surface area contributed by atoms with Crippen LogP contribution in [0.1, 0.15) is 13.8 Å². The Kier molecular flexibility index (Phi) is 5.07. The Hall–Kier alpha value is 0.558. The molecular weight excluding hydrogens is 123 g/mol. The predicted octanol–water partition coefficient (Wildman–Crippen LogP) is 1.57. The molecule has 1 heteroatoms. The molecule has 0 amide bonds. The fourth-order valence-electron chi connectivity index (χ4n) is 0.224. The molecule has 1 radical (unpaired) electrons. The van der Waals surface area contributed by atoms with Crippen molar-refractivity contribution in [2.24, 2.45) is 0 Å². The van der Waals surface area contributed by atoms with Gasteiger partial charge in [0.15, 0.2) is 0 Å². The molecule has 0 saturated heterocycles. The molecule has 0 aliphatic carbocycles. The molecule has 0 nitrogen and oxygen atoms in total. The van der Waals surface area contributed by atoms with Crippen molar-refractivity contribution in [2.75, 3.05) is 0 Å². The van der Waals surface area contributed by atoms with Crippen LogP contribution in [0.5, 0.6) is 0 Å². The van der Waals surface area contributed by atoms with Crippen LogP contribution < -0.4 is 0 Å². The fraction of sp³-hybridized carbons (Fsp3) is 1.00. The molecule has 0 N–H and O–H groups in total. The first-order chi connectivity index (χ1) is 2.41. The van der Waals surface area contributed by atoms with E-state index in [2.05, 4.69) is 13.8 Å². The number of hydrogen-bond donors (Lipinski definition) is 0. The second kappa shape index (κ2) is 4.56. The van der Waals surface area contributed by atoms with Gasteiger partial charge in [0.1, 0.15) is 0 Å². The number of rotatable bonds is 2. The molecular formula is C4H10As. The molecule has 0 heterocycles. The minimum atomic E-state index is 0.743. The summed E-state index contributed by atoms with van der Waals surface area (Å²) in [5.41, 5.74) is 0. The van der Waals surface area contributed by atoms with Crippen molar-refractivity contribution in [2.45, 2.75) is 24.3 Å². The third-order valence-corrected chi connectivity index (χ3v) is 2.32. The molecule has 0 atom stereocenters. The van der Waals surface area contributed by atoms with E-state index in [1.54, 1.807) is 0 Å². The molecule has 0 saturated carbocycles. The molecule has 5 heavy (non-hydrogen) atoms. The van der Waals surface area contributed by atoms with E-state index in [0.29, 0.717) is 0 Å². The standard InChI is InChI=1S/C4H10As/c1-3-5-4-2/h3-4H2,1-2H3. The monoisotopic (exact) mass is 133 g/mol. The van der Waals surface area contributed by atoms with E-state index in [4.69, 9.17) is 0 Å². The zero-order valence-corrected chi connectivity index (χ0v) is 5.74. The first-order valence-corrected chi connectivity index (χ1v) is 4.70. The molecule has 0 aromatic carbocycles. The van der Waals surface area contributed by atoms with Gasteiger partial charge in [0, 0.05) is 0 Å². The molecule has 0 rings (SSSR count). The third kappa shape index (κ3) is 4.56. The summed E-state index contributed by atoms with van der Waals surface area (Å²) in [5, 5.41) is 2.88. The van der Waals surface area contributed by atoms with E-state index < -0.39 is 0 Å². The Morgan fingerprint density at radius 1 is 1.20 bits per heavy atom. The van der Waals surface area contributed by atoms with Crippen molar-refractivity contribution in [1.82, 2.24) is 0 Å². The quantitative estimate of drug-likeness (QED) is 0.501. The van der Waals surface area contributed by atoms with Gasteiger partial charge >= 0.3 is 40.0 Å². The van der Waals surface area contributed by atoms with Crippen LogP contribution in [0.25, 0.3) is 0 Å². The fourth-order valence-corrected chi connectivity index (χ4v) is 1.16. The van der Waals surface area contributed by atoms with Gasteiger partial charge in [-0.1, -0.05) is 0 Å². The van der Waals surface area contributed by atoms with Gasteiger partial charge in [-0.2, -0.15) is 0 Å². The summed E-state index contributed by atoms with van der Waals surface area (Å²) in [6.07, 6.45) is 0. The maximum atomic E-state index is 2.25. The molecule has 0 spiro atoms. The topological polar surface area (TPSA) is 0 Å². The first-order valence-electron chi connectivity index (χ1n) is 2.05. The van der Waals surface area contributed by atoms with Gasteiger partial charge in [0.2, 0.25) is 0 Å². The Morgan fingerprint density at radius 2 is 1.60 bits per heavy atom. The van der Waals surface area contributed by atoms with E-state index in [1.165, 1.54) is 10.4 Å². The van der Waals surface area contributed by atoms with E-state index in [9.17, 15) is 0 Å². The first kappa shape index (κ1) is 5.56. The summed E-state index contributed by atoms with van der Waals surface area (Å²) in [6.45, 7) is 4.51. The molecule has 0 fully saturated rings. The van der Waals surface area contributed by atoms with Gasteiger partial charge in [-0.15, -0.1) is 0 Å². The van der Waals surface area contributed by atoms with Gasteiger partial charge in [0.05, 0.1) is 0 Å². The predicted molar refractivity (Wildman–Crippen MR) is 26.7 cm³/mol. The van der Waals surface area contributed by atoms with Gasteiger partial charge in [-0.3, -0.25) is 0 Å². The molecule has 0 aliphatic rings. The summed E-state index contributed by atoms with van der Waals surface area (Å²) < 4.78 is 0. The summed E-state index contributed by atoms with van der Waals surface area (Å²) in [6, 6.07) is 0. The van der Waals surface area contributed by atoms with Crippen LogP contribution in [0.2, 0.25) is 10.4 Å². The third-order valence-electron chi connectivity index (χ3n) is 0.447. The molecule has 31 valence electrons. The van der Waals surface area contributed by atoms with Crippen molar-refractivity contribution in [1.29, 1.82) is 0 Å². The van der Waals surface area contributed by atoms with Crippen molar-refractivity contribution in [3.05, 3.63) is 0 Å².